The molecule has 0 bridgehead atoms. The third kappa shape index (κ3) is 5.29. The molecular formula is C21H19N3O5. The van der Waals surface area contributed by atoms with Gasteiger partial charge in [0.05, 0.1) is 5.69 Å². The molecule has 1 N–H and O–H groups in total. The molecule has 0 spiro atoms. The summed E-state index contributed by atoms with van der Waals surface area (Å²) in [5.41, 5.74) is 1.12. The average molecular weight is 393 g/mol. The number of hydrogen-bond acceptors (Lipinski definition) is 6. The zero-order valence-electron chi connectivity index (χ0n) is 15.9. The van der Waals surface area contributed by atoms with Crippen LogP contribution in [0.1, 0.15) is 16.1 Å². The maximum atomic E-state index is 12.2. The first-order valence-electron chi connectivity index (χ1n) is 8.77. The van der Waals surface area contributed by atoms with E-state index in [9.17, 15) is 14.4 Å². The first-order valence-corrected chi connectivity index (χ1v) is 8.77. The highest BCUT2D eigenvalue weighted by Crippen LogP contribution is 2.29. The molecule has 0 unspecified atom stereocenters. The van der Waals surface area contributed by atoms with E-state index in [1.54, 1.807) is 24.3 Å². The van der Waals surface area contributed by atoms with E-state index >= 15 is 0 Å². The van der Waals surface area contributed by atoms with Gasteiger partial charge in [-0.05, 0) is 37.3 Å². The molecule has 0 saturated heterocycles. The Hall–Kier alpha value is -3.94. The first-order chi connectivity index (χ1) is 13.9. The number of ether oxygens (including phenoxy) is 2. The molecule has 0 atom stereocenters. The minimum atomic E-state index is -0.806. The van der Waals surface area contributed by atoms with E-state index in [1.807, 2.05) is 31.2 Å². The van der Waals surface area contributed by atoms with Gasteiger partial charge in [-0.1, -0.05) is 29.8 Å². The average Bonchev–Trinajstić information content (AvgIpc) is 2.71. The second-order valence-electron chi connectivity index (χ2n) is 6.22. The van der Waals surface area contributed by atoms with E-state index in [2.05, 4.69) is 10.4 Å². The Morgan fingerprint density at radius 1 is 1.03 bits per heavy atom. The van der Waals surface area contributed by atoms with Crippen molar-refractivity contribution in [1.82, 2.24) is 9.78 Å². The van der Waals surface area contributed by atoms with Crippen LogP contribution >= 0.6 is 0 Å². The lowest BCUT2D eigenvalue weighted by atomic mass is 10.2. The molecule has 8 nitrogen and oxygen atoms in total. The Morgan fingerprint density at radius 2 is 1.76 bits per heavy atom. The van der Waals surface area contributed by atoms with Gasteiger partial charge in [-0.2, -0.15) is 5.10 Å². The molecule has 0 saturated carbocycles. The molecule has 148 valence electrons. The molecule has 0 radical (unpaired) electrons. The third-order valence-corrected chi connectivity index (χ3v) is 3.91. The Morgan fingerprint density at radius 3 is 2.48 bits per heavy atom. The molecular weight excluding hydrogens is 374 g/mol. The third-order valence-electron chi connectivity index (χ3n) is 3.91. The van der Waals surface area contributed by atoms with Crippen molar-refractivity contribution >= 4 is 17.6 Å². The standard InChI is InChI=1S/C21H19N3O5/c1-14-7-9-15(10-8-14)29-18-6-4-3-5-16(18)22-19(25)13-28-21(27)17-11-12-20(26)24(2)23-17/h3-12H,13H2,1-2H3,(H,22,25). The van der Waals surface area contributed by atoms with Crippen molar-refractivity contribution in [3.8, 4) is 11.5 Å². The van der Waals surface area contributed by atoms with Crippen LogP contribution in [0.25, 0.3) is 0 Å². The smallest absolute Gasteiger partial charge is 0.359 e. The summed E-state index contributed by atoms with van der Waals surface area (Å²) >= 11 is 0. The molecule has 1 aromatic heterocycles. The number of nitrogens with one attached hydrogen (secondary N) is 1. The Balaban J connectivity index is 1.61. The van der Waals surface area contributed by atoms with Crippen LogP contribution in [0.2, 0.25) is 0 Å². The number of nitrogens with zero attached hydrogens (tertiary/aromatic N) is 2. The van der Waals surface area contributed by atoms with Gasteiger partial charge < -0.3 is 14.8 Å². The topological polar surface area (TPSA) is 99.5 Å². The lowest BCUT2D eigenvalue weighted by Crippen LogP contribution is -2.24. The molecule has 1 amide bonds. The van der Waals surface area contributed by atoms with Gasteiger partial charge >= 0.3 is 5.97 Å². The Bertz CT molecular complexity index is 1090. The summed E-state index contributed by atoms with van der Waals surface area (Å²) in [6.07, 6.45) is 0. The zero-order valence-corrected chi connectivity index (χ0v) is 15.9. The molecule has 3 aromatic rings. The van der Waals surface area contributed by atoms with Crippen LogP contribution in [0.5, 0.6) is 11.5 Å². The summed E-state index contributed by atoms with van der Waals surface area (Å²) in [4.78, 5) is 35.5. The van der Waals surface area contributed by atoms with Crippen molar-refractivity contribution in [3.63, 3.8) is 0 Å². The summed E-state index contributed by atoms with van der Waals surface area (Å²) < 4.78 is 11.8. The minimum Gasteiger partial charge on any atom is -0.455 e. The Kier molecular flexibility index (Phi) is 6.03. The van der Waals surface area contributed by atoms with Gasteiger partial charge in [0.15, 0.2) is 18.1 Å². The van der Waals surface area contributed by atoms with Crippen LogP contribution < -0.4 is 15.6 Å². The number of para-hydroxylation sites is 2. The van der Waals surface area contributed by atoms with Gasteiger partial charge in [0.2, 0.25) is 0 Å². The normalized spacial score (nSPS) is 10.3. The van der Waals surface area contributed by atoms with Crippen molar-refractivity contribution in [3.05, 3.63) is 82.3 Å². The van der Waals surface area contributed by atoms with E-state index in [0.717, 1.165) is 10.2 Å². The highest BCUT2D eigenvalue weighted by molar-refractivity contribution is 5.95. The van der Waals surface area contributed by atoms with E-state index in [-0.39, 0.29) is 11.3 Å². The summed E-state index contributed by atoms with van der Waals surface area (Å²) in [6.45, 7) is 1.46. The second kappa shape index (κ2) is 8.83. The fourth-order valence-electron chi connectivity index (χ4n) is 2.39. The minimum absolute atomic E-state index is 0.0667. The van der Waals surface area contributed by atoms with Gasteiger partial charge in [0.1, 0.15) is 5.75 Å². The maximum Gasteiger partial charge on any atom is 0.359 e. The summed E-state index contributed by atoms with van der Waals surface area (Å²) in [6, 6.07) is 16.9. The molecule has 0 aliphatic rings. The van der Waals surface area contributed by atoms with Gasteiger partial charge in [-0.15, -0.1) is 0 Å². The van der Waals surface area contributed by atoms with Crippen LogP contribution in [0, 0.1) is 6.92 Å². The number of carbonyl (C=O) groups is 2. The highest BCUT2D eigenvalue weighted by Gasteiger charge is 2.14. The largest absolute Gasteiger partial charge is 0.455 e. The number of amides is 1. The fourth-order valence-corrected chi connectivity index (χ4v) is 2.39. The van der Waals surface area contributed by atoms with Crippen molar-refractivity contribution in [2.45, 2.75) is 6.92 Å². The predicted molar refractivity (Wildman–Crippen MR) is 106 cm³/mol. The first kappa shape index (κ1) is 19.8. The summed E-state index contributed by atoms with van der Waals surface area (Å²) in [5, 5.41) is 6.43. The van der Waals surface area contributed by atoms with Crippen molar-refractivity contribution in [1.29, 1.82) is 0 Å². The van der Waals surface area contributed by atoms with E-state index < -0.39 is 18.5 Å². The van der Waals surface area contributed by atoms with Crippen LogP contribution in [-0.4, -0.2) is 28.3 Å². The fraction of sp³-hybridized carbons (Fsp3) is 0.143. The van der Waals surface area contributed by atoms with Crippen molar-refractivity contribution in [2.24, 2.45) is 7.05 Å². The van der Waals surface area contributed by atoms with Crippen LogP contribution in [0.3, 0.4) is 0 Å². The van der Waals surface area contributed by atoms with Crippen LogP contribution in [-0.2, 0) is 16.6 Å². The predicted octanol–water partition coefficient (Wildman–Crippen LogP) is 2.68. The molecule has 0 fully saturated rings. The highest BCUT2D eigenvalue weighted by atomic mass is 16.5. The monoisotopic (exact) mass is 393 g/mol. The van der Waals surface area contributed by atoms with Crippen molar-refractivity contribution in [2.75, 3.05) is 11.9 Å². The van der Waals surface area contributed by atoms with E-state index in [1.165, 1.54) is 19.2 Å². The number of carbonyl (C=O) groups excluding carboxylic acids is 2. The molecule has 8 heteroatoms. The number of esters is 1. The molecule has 0 aliphatic heterocycles. The van der Waals surface area contributed by atoms with E-state index in [4.69, 9.17) is 9.47 Å². The van der Waals surface area contributed by atoms with E-state index in [0.29, 0.717) is 17.2 Å². The second-order valence-corrected chi connectivity index (χ2v) is 6.22. The quantitative estimate of drug-likeness (QED) is 0.647. The lowest BCUT2D eigenvalue weighted by molar-refractivity contribution is -0.119. The number of rotatable bonds is 6. The number of aryl methyl sites for hydroxylation is 2. The molecule has 29 heavy (non-hydrogen) atoms. The van der Waals surface area contributed by atoms with Gasteiger partial charge in [0.25, 0.3) is 11.5 Å². The number of anilines is 1. The van der Waals surface area contributed by atoms with Crippen molar-refractivity contribution < 1.29 is 19.1 Å². The molecule has 2 aromatic carbocycles. The molecule has 3 rings (SSSR count). The zero-order chi connectivity index (χ0) is 20.8. The van der Waals surface area contributed by atoms with Gasteiger partial charge in [-0.25, -0.2) is 9.48 Å². The molecule has 0 aliphatic carbocycles. The maximum absolute atomic E-state index is 12.2. The van der Waals surface area contributed by atoms with Gasteiger partial charge in [-0.3, -0.25) is 9.59 Å². The number of benzene rings is 2. The van der Waals surface area contributed by atoms with Crippen LogP contribution in [0.15, 0.2) is 65.5 Å². The SMILES string of the molecule is Cc1ccc(Oc2ccccc2NC(=O)COC(=O)c2ccc(=O)n(C)n2)cc1. The lowest BCUT2D eigenvalue weighted by Gasteiger charge is -2.12. The van der Waals surface area contributed by atoms with Crippen LogP contribution in [0.4, 0.5) is 5.69 Å². The number of hydrogen-bond donors (Lipinski definition) is 1. The summed E-state index contributed by atoms with van der Waals surface area (Å²) in [5.74, 6) is -0.261. The summed E-state index contributed by atoms with van der Waals surface area (Å²) in [7, 11) is 1.41. The Labute approximate surface area is 166 Å². The molecule has 1 heterocycles. The van der Waals surface area contributed by atoms with Gasteiger partial charge in [0, 0.05) is 13.1 Å². The number of aromatic nitrogens is 2.